The van der Waals surface area contributed by atoms with Gasteiger partial charge in [-0.25, -0.2) is 9.59 Å². The number of aliphatic hydroxyl groups is 1. The Morgan fingerprint density at radius 2 is 1.39 bits per heavy atom. The average molecular weight is 537 g/mol. The number of hydrogen-bond donors (Lipinski definition) is 5. The molecule has 6 atom stereocenters. The van der Waals surface area contributed by atoms with Gasteiger partial charge in [0, 0.05) is 12.8 Å². The number of aliphatic carboxylic acids is 2. The predicted octanol–water partition coefficient (Wildman–Crippen LogP) is 4.02. The quantitative estimate of drug-likeness (QED) is 0.207. The van der Waals surface area contributed by atoms with Crippen molar-refractivity contribution in [2.75, 3.05) is 0 Å². The zero-order chi connectivity index (χ0) is 29.7. The van der Waals surface area contributed by atoms with Gasteiger partial charge in [-0.3, -0.25) is 4.79 Å². The molecule has 6 N–H and O–H groups in total. The van der Waals surface area contributed by atoms with Crippen LogP contribution < -0.4 is 11.1 Å². The van der Waals surface area contributed by atoms with Crippen LogP contribution in [0, 0.1) is 47.4 Å². The van der Waals surface area contributed by atoms with Gasteiger partial charge >= 0.3 is 18.0 Å². The summed E-state index contributed by atoms with van der Waals surface area (Å²) < 4.78 is 5.22. The SMILES string of the molecule is C#CCCC[C@@H]1C[C@H]1O.C#CCCC[C@@H]1C[C@H]1OC(=O)N[C@H](C(=O)O)C(C)(C)C.CC(C)(C)[C@H](N)C(=O)O. The van der Waals surface area contributed by atoms with E-state index in [-0.39, 0.29) is 17.6 Å². The molecule has 0 bridgehead atoms. The monoisotopic (exact) mass is 536 g/mol. The van der Waals surface area contributed by atoms with Crippen LogP contribution in [0.25, 0.3) is 0 Å². The van der Waals surface area contributed by atoms with E-state index >= 15 is 0 Å². The average Bonchev–Trinajstić information content (AvgIpc) is 3.69. The maximum Gasteiger partial charge on any atom is 0.408 e. The van der Waals surface area contributed by atoms with Gasteiger partial charge in [0.25, 0.3) is 0 Å². The van der Waals surface area contributed by atoms with Crippen molar-refractivity contribution >= 4 is 18.0 Å². The highest BCUT2D eigenvalue weighted by molar-refractivity contribution is 5.80. The lowest BCUT2D eigenvalue weighted by molar-refractivity contribution is -0.142. The summed E-state index contributed by atoms with van der Waals surface area (Å²) in [7, 11) is 0. The standard InChI is InChI=1S/C15H23NO4.C8H12O.C6H13NO2/c1-5-6-7-8-10-9-11(10)20-14(19)16-12(13(17)18)15(2,3)4;1-2-3-4-5-7-6-8(7)9;1-6(2,3)4(7)5(8)9/h1,10-12H,6-9H2,2-4H3,(H,16,19)(H,17,18);1,7-9H,3-6H2;4H,7H2,1-3H3,(H,8,9)/t10-,11-,12-;7-,8-;4-/m111/s1. The maximum absolute atomic E-state index is 11.7. The smallest absolute Gasteiger partial charge is 0.408 e. The topological polar surface area (TPSA) is 159 Å². The number of nitrogens with one attached hydrogen (secondary N) is 1. The molecule has 2 rings (SSSR count). The van der Waals surface area contributed by atoms with Crippen molar-refractivity contribution in [1.82, 2.24) is 5.32 Å². The molecule has 2 aliphatic carbocycles. The Kier molecular flexibility index (Phi) is 15.1. The Bertz CT molecular complexity index is 845. The van der Waals surface area contributed by atoms with Gasteiger partial charge < -0.3 is 31.1 Å². The summed E-state index contributed by atoms with van der Waals surface area (Å²) in [5.74, 6) is 4.11. The van der Waals surface area contributed by atoms with Crippen molar-refractivity contribution in [2.24, 2.45) is 28.4 Å². The van der Waals surface area contributed by atoms with E-state index < -0.39 is 35.5 Å². The molecule has 0 radical (unpaired) electrons. The van der Waals surface area contributed by atoms with E-state index in [9.17, 15) is 14.4 Å². The molecule has 2 saturated carbocycles. The van der Waals surface area contributed by atoms with Crippen LogP contribution in [-0.4, -0.2) is 57.6 Å². The second kappa shape index (κ2) is 16.3. The number of alkyl carbamates (subject to hydrolysis) is 1. The third-order valence-electron chi connectivity index (χ3n) is 6.37. The van der Waals surface area contributed by atoms with E-state index in [4.69, 9.17) is 38.6 Å². The van der Waals surface area contributed by atoms with Crippen molar-refractivity contribution < 1.29 is 34.4 Å². The fraction of sp³-hybridized carbons (Fsp3) is 0.759. The van der Waals surface area contributed by atoms with Crippen molar-refractivity contribution in [3.05, 3.63) is 0 Å². The number of ether oxygens (including phenoxy) is 1. The second-order valence-corrected chi connectivity index (χ2v) is 12.2. The van der Waals surface area contributed by atoms with E-state index in [1.54, 1.807) is 41.5 Å². The van der Waals surface area contributed by atoms with E-state index in [2.05, 4.69) is 17.2 Å². The molecule has 0 aromatic heterocycles. The third-order valence-corrected chi connectivity index (χ3v) is 6.37. The van der Waals surface area contributed by atoms with Crippen LogP contribution in [0.4, 0.5) is 4.79 Å². The molecule has 0 aromatic carbocycles. The van der Waals surface area contributed by atoms with E-state index in [0.717, 1.165) is 51.4 Å². The number of terminal acetylenes is 2. The summed E-state index contributed by atoms with van der Waals surface area (Å²) in [6, 6.07) is -1.73. The molecule has 0 spiro atoms. The lowest BCUT2D eigenvalue weighted by Gasteiger charge is -2.27. The minimum absolute atomic E-state index is 0.00257. The first-order valence-corrected chi connectivity index (χ1v) is 13.2. The number of nitrogens with two attached hydrogens (primary N) is 1. The van der Waals surface area contributed by atoms with Crippen molar-refractivity contribution in [2.45, 2.75) is 117 Å². The molecule has 2 fully saturated rings. The molecular formula is C29H48N2O7. The van der Waals surface area contributed by atoms with Crippen molar-refractivity contribution in [3.8, 4) is 24.7 Å². The van der Waals surface area contributed by atoms with Gasteiger partial charge in [-0.05, 0) is 61.2 Å². The number of carboxylic acid groups (broad SMARTS) is 2. The van der Waals surface area contributed by atoms with Crippen LogP contribution in [0.3, 0.4) is 0 Å². The minimum atomic E-state index is -1.06. The van der Waals surface area contributed by atoms with Crippen molar-refractivity contribution in [1.29, 1.82) is 0 Å². The van der Waals surface area contributed by atoms with Gasteiger partial charge in [0.2, 0.25) is 0 Å². The first kappa shape index (κ1) is 35.2. The second-order valence-electron chi connectivity index (χ2n) is 12.2. The molecule has 9 heteroatoms. The van der Waals surface area contributed by atoms with Crippen molar-refractivity contribution in [3.63, 3.8) is 0 Å². The van der Waals surface area contributed by atoms with Gasteiger partial charge in [-0.2, -0.15) is 0 Å². The Morgan fingerprint density at radius 1 is 0.921 bits per heavy atom. The predicted molar refractivity (Wildman–Crippen MR) is 147 cm³/mol. The maximum atomic E-state index is 11.7. The fourth-order valence-corrected chi connectivity index (χ4v) is 3.45. The third kappa shape index (κ3) is 15.5. The fourth-order valence-electron chi connectivity index (χ4n) is 3.45. The number of aliphatic hydroxyl groups excluding tert-OH is 1. The largest absolute Gasteiger partial charge is 0.480 e. The van der Waals surface area contributed by atoms with Gasteiger partial charge in [0.15, 0.2) is 0 Å². The van der Waals surface area contributed by atoms with Crippen LogP contribution in [0.15, 0.2) is 0 Å². The van der Waals surface area contributed by atoms with E-state index in [1.807, 2.05) is 0 Å². The number of hydrogen-bond acceptors (Lipinski definition) is 6. The summed E-state index contributed by atoms with van der Waals surface area (Å²) >= 11 is 0. The summed E-state index contributed by atoms with van der Waals surface area (Å²) in [4.78, 5) is 33.1. The first-order chi connectivity index (χ1) is 17.4. The molecule has 216 valence electrons. The minimum Gasteiger partial charge on any atom is -0.480 e. The number of unbranched alkanes of at least 4 members (excludes halogenated alkanes) is 2. The molecule has 0 unspecified atom stereocenters. The molecule has 0 aromatic rings. The highest BCUT2D eigenvalue weighted by Gasteiger charge is 2.41. The number of carbonyl (C=O) groups excluding carboxylic acids is 1. The molecule has 2 aliphatic rings. The molecule has 0 aliphatic heterocycles. The van der Waals surface area contributed by atoms with E-state index in [1.165, 1.54) is 0 Å². The lowest BCUT2D eigenvalue weighted by atomic mass is 9.87. The molecule has 1 amide bonds. The molecule has 38 heavy (non-hydrogen) atoms. The summed E-state index contributed by atoms with van der Waals surface area (Å²) in [5.41, 5.74) is 4.38. The van der Waals surface area contributed by atoms with Gasteiger partial charge in [0.05, 0.1) is 6.10 Å². The Balaban J connectivity index is 0.000000628. The first-order valence-electron chi connectivity index (χ1n) is 13.2. The Morgan fingerprint density at radius 3 is 1.71 bits per heavy atom. The van der Waals surface area contributed by atoms with Gasteiger partial charge in [-0.1, -0.05) is 41.5 Å². The van der Waals surface area contributed by atoms with Gasteiger partial charge in [-0.15, -0.1) is 24.7 Å². The van der Waals surface area contributed by atoms with Gasteiger partial charge in [0.1, 0.15) is 18.2 Å². The molecular weight excluding hydrogens is 488 g/mol. The lowest BCUT2D eigenvalue weighted by Crippen LogP contribution is -2.49. The Hall–Kier alpha value is -2.75. The number of amides is 1. The summed E-state index contributed by atoms with van der Waals surface area (Å²) in [6.07, 6.45) is 17.0. The Labute approximate surface area is 228 Å². The number of carbonyl (C=O) groups is 3. The van der Waals surface area contributed by atoms with Crippen LogP contribution in [0.5, 0.6) is 0 Å². The molecule has 0 heterocycles. The van der Waals surface area contributed by atoms with E-state index in [0.29, 0.717) is 11.8 Å². The zero-order valence-electron chi connectivity index (χ0n) is 23.8. The van der Waals surface area contributed by atoms with Crippen LogP contribution in [0.2, 0.25) is 0 Å². The number of carboxylic acids is 2. The highest BCUT2D eigenvalue weighted by atomic mass is 16.6. The summed E-state index contributed by atoms with van der Waals surface area (Å²) in [6.45, 7) is 10.7. The van der Waals surface area contributed by atoms with Crippen LogP contribution in [0.1, 0.15) is 92.9 Å². The summed E-state index contributed by atoms with van der Waals surface area (Å²) in [5, 5.41) is 28.8. The highest BCUT2D eigenvalue weighted by Crippen LogP contribution is 2.38. The zero-order valence-corrected chi connectivity index (χ0v) is 23.8. The van der Waals surface area contributed by atoms with Crippen LogP contribution in [-0.2, 0) is 14.3 Å². The number of rotatable bonds is 10. The molecule has 9 nitrogen and oxygen atoms in total. The molecule has 0 saturated heterocycles. The normalized spacial score (nSPS) is 22.9. The van der Waals surface area contributed by atoms with Crippen LogP contribution >= 0.6 is 0 Å².